The summed E-state index contributed by atoms with van der Waals surface area (Å²) in [4.78, 5) is 2.51. The van der Waals surface area contributed by atoms with Gasteiger partial charge >= 0.3 is 0 Å². The molecule has 3 heteroatoms. The lowest BCUT2D eigenvalue weighted by Gasteiger charge is -2.16. The minimum absolute atomic E-state index is 0.517. The second-order valence-electron chi connectivity index (χ2n) is 4.05. The van der Waals surface area contributed by atoms with Gasteiger partial charge < -0.3 is 5.11 Å². The Balaban J connectivity index is 2.51. The van der Waals surface area contributed by atoms with E-state index in [1.54, 1.807) is 23.5 Å². The van der Waals surface area contributed by atoms with Gasteiger partial charge in [-0.05, 0) is 55.5 Å². The first-order valence-electron chi connectivity index (χ1n) is 5.06. The molecule has 0 unspecified atom stereocenters. The van der Waals surface area contributed by atoms with Crippen LogP contribution in [-0.2, 0) is 5.60 Å². The molecule has 1 nitrogen and oxygen atoms in total. The Kier molecular flexibility index (Phi) is 3.06. The maximum absolute atomic E-state index is 10.2. The van der Waals surface area contributed by atoms with Gasteiger partial charge in [0.15, 0.2) is 0 Å². The fourth-order valence-electron chi connectivity index (χ4n) is 1.80. The van der Waals surface area contributed by atoms with Crippen molar-refractivity contribution in [1.29, 1.82) is 0 Å². The summed E-state index contributed by atoms with van der Waals surface area (Å²) >= 11 is 3.48. The third-order valence-corrected chi connectivity index (χ3v) is 4.60. The van der Waals surface area contributed by atoms with Crippen LogP contribution in [0.5, 0.6) is 0 Å². The van der Waals surface area contributed by atoms with Gasteiger partial charge in [-0.2, -0.15) is 0 Å². The van der Waals surface area contributed by atoms with Crippen molar-refractivity contribution in [3.8, 4) is 0 Å². The molecule has 2 rings (SSSR count). The van der Waals surface area contributed by atoms with Gasteiger partial charge in [-0.3, -0.25) is 0 Å². The number of benzene rings is 1. The van der Waals surface area contributed by atoms with Crippen LogP contribution in [0.15, 0.2) is 21.9 Å². The summed E-state index contributed by atoms with van der Waals surface area (Å²) in [6.07, 6.45) is 5.99. The monoisotopic (exact) mass is 240 g/mol. The molecule has 1 fully saturated rings. The molecule has 0 bridgehead atoms. The van der Waals surface area contributed by atoms with Crippen LogP contribution in [-0.4, -0.2) is 17.6 Å². The van der Waals surface area contributed by atoms with E-state index >= 15 is 0 Å². The Morgan fingerprint density at radius 3 is 2.20 bits per heavy atom. The predicted octanol–water partition coefficient (Wildman–Crippen LogP) is 3.42. The van der Waals surface area contributed by atoms with Crippen molar-refractivity contribution in [2.75, 3.05) is 12.5 Å². The van der Waals surface area contributed by atoms with Gasteiger partial charge in [-0.15, -0.1) is 23.5 Å². The highest BCUT2D eigenvalue weighted by Crippen LogP contribution is 2.49. The van der Waals surface area contributed by atoms with Crippen LogP contribution in [0, 0.1) is 6.92 Å². The lowest BCUT2D eigenvalue weighted by atomic mass is 10.1. The molecular weight excluding hydrogens is 224 g/mol. The Hall–Kier alpha value is -0.120. The van der Waals surface area contributed by atoms with E-state index in [2.05, 4.69) is 31.6 Å². The van der Waals surface area contributed by atoms with E-state index in [-0.39, 0.29) is 0 Å². The summed E-state index contributed by atoms with van der Waals surface area (Å²) in [5.74, 6) is 0. The maximum atomic E-state index is 10.2. The zero-order valence-corrected chi connectivity index (χ0v) is 11.0. The number of thioether (sulfide) groups is 2. The number of rotatable bonds is 3. The molecule has 0 spiro atoms. The smallest absolute Gasteiger partial charge is 0.0910 e. The van der Waals surface area contributed by atoms with E-state index in [1.807, 2.05) is 0 Å². The SMILES string of the molecule is CSc1cc(C2(O)CC2)c(SC)cc1C. The van der Waals surface area contributed by atoms with Crippen molar-refractivity contribution in [3.63, 3.8) is 0 Å². The molecular formula is C12H16OS2. The van der Waals surface area contributed by atoms with E-state index in [0.717, 1.165) is 18.4 Å². The molecule has 1 N–H and O–H groups in total. The first-order valence-corrected chi connectivity index (χ1v) is 7.51. The van der Waals surface area contributed by atoms with Crippen molar-refractivity contribution < 1.29 is 5.11 Å². The summed E-state index contributed by atoms with van der Waals surface area (Å²) in [6.45, 7) is 2.13. The summed E-state index contributed by atoms with van der Waals surface area (Å²) < 4.78 is 0. The van der Waals surface area contributed by atoms with Crippen molar-refractivity contribution in [1.82, 2.24) is 0 Å². The Morgan fingerprint density at radius 2 is 1.73 bits per heavy atom. The summed E-state index contributed by atoms with van der Waals surface area (Å²) in [7, 11) is 0. The van der Waals surface area contributed by atoms with Gasteiger partial charge in [0.2, 0.25) is 0 Å². The molecule has 0 amide bonds. The highest BCUT2D eigenvalue weighted by molar-refractivity contribution is 7.99. The van der Waals surface area contributed by atoms with Crippen LogP contribution in [0.1, 0.15) is 24.0 Å². The molecule has 0 radical (unpaired) electrons. The molecule has 1 aromatic carbocycles. The van der Waals surface area contributed by atoms with E-state index in [9.17, 15) is 5.11 Å². The van der Waals surface area contributed by atoms with E-state index < -0.39 is 5.60 Å². The summed E-state index contributed by atoms with van der Waals surface area (Å²) in [6, 6.07) is 4.36. The Labute approximate surface area is 99.7 Å². The first-order chi connectivity index (χ1) is 7.10. The highest BCUT2D eigenvalue weighted by Gasteiger charge is 2.43. The largest absolute Gasteiger partial charge is 0.385 e. The Morgan fingerprint density at radius 1 is 1.13 bits per heavy atom. The predicted molar refractivity (Wildman–Crippen MR) is 67.9 cm³/mol. The quantitative estimate of drug-likeness (QED) is 0.818. The first kappa shape index (κ1) is 11.4. The summed E-state index contributed by atoms with van der Waals surface area (Å²) in [5.41, 5.74) is 1.92. The van der Waals surface area contributed by atoms with Crippen LogP contribution >= 0.6 is 23.5 Å². The molecule has 82 valence electrons. The van der Waals surface area contributed by atoms with Crippen molar-refractivity contribution in [2.24, 2.45) is 0 Å². The molecule has 1 saturated carbocycles. The lowest BCUT2D eigenvalue weighted by molar-refractivity contribution is 0.148. The normalized spacial score (nSPS) is 17.9. The van der Waals surface area contributed by atoms with Crippen LogP contribution in [0.3, 0.4) is 0 Å². The minimum atomic E-state index is -0.517. The van der Waals surface area contributed by atoms with E-state index in [1.165, 1.54) is 15.4 Å². The van der Waals surface area contributed by atoms with E-state index in [4.69, 9.17) is 0 Å². The van der Waals surface area contributed by atoms with Gasteiger partial charge in [0.1, 0.15) is 0 Å². The molecule has 1 aromatic rings. The molecule has 15 heavy (non-hydrogen) atoms. The molecule has 0 aromatic heterocycles. The van der Waals surface area contributed by atoms with Crippen LogP contribution in [0.25, 0.3) is 0 Å². The molecule has 0 heterocycles. The minimum Gasteiger partial charge on any atom is -0.385 e. The number of aliphatic hydroxyl groups is 1. The molecule has 1 aliphatic rings. The molecule has 0 aliphatic heterocycles. The standard InChI is InChI=1S/C12H16OS2/c1-8-6-11(15-3)9(7-10(8)14-2)12(13)4-5-12/h6-7,13H,4-5H2,1-3H3. The molecule has 1 aliphatic carbocycles. The third kappa shape index (κ3) is 2.05. The molecule has 0 saturated heterocycles. The van der Waals surface area contributed by atoms with Gasteiger partial charge in [0.05, 0.1) is 5.60 Å². The zero-order valence-electron chi connectivity index (χ0n) is 9.33. The number of aryl methyl sites for hydroxylation is 1. The van der Waals surface area contributed by atoms with Gasteiger partial charge in [0, 0.05) is 9.79 Å². The number of hydrogen-bond acceptors (Lipinski definition) is 3. The van der Waals surface area contributed by atoms with Crippen LogP contribution in [0.2, 0.25) is 0 Å². The van der Waals surface area contributed by atoms with Gasteiger partial charge in [-0.1, -0.05) is 0 Å². The topological polar surface area (TPSA) is 20.2 Å². The fourth-order valence-corrected chi connectivity index (χ4v) is 3.18. The maximum Gasteiger partial charge on any atom is 0.0910 e. The van der Waals surface area contributed by atoms with Crippen molar-refractivity contribution >= 4 is 23.5 Å². The second kappa shape index (κ2) is 4.04. The molecule has 0 atom stereocenters. The average molecular weight is 240 g/mol. The van der Waals surface area contributed by atoms with E-state index in [0.29, 0.717) is 0 Å². The van der Waals surface area contributed by atoms with Gasteiger partial charge in [0.25, 0.3) is 0 Å². The third-order valence-electron chi connectivity index (χ3n) is 2.94. The van der Waals surface area contributed by atoms with Crippen molar-refractivity contribution in [2.45, 2.75) is 35.2 Å². The summed E-state index contributed by atoms with van der Waals surface area (Å²) in [5, 5.41) is 10.2. The van der Waals surface area contributed by atoms with Crippen molar-refractivity contribution in [3.05, 3.63) is 23.3 Å². The highest BCUT2D eigenvalue weighted by atomic mass is 32.2. The van der Waals surface area contributed by atoms with Crippen LogP contribution in [0.4, 0.5) is 0 Å². The van der Waals surface area contributed by atoms with Gasteiger partial charge in [-0.25, -0.2) is 0 Å². The average Bonchev–Trinajstić information content (AvgIpc) is 2.97. The lowest BCUT2D eigenvalue weighted by Crippen LogP contribution is -2.06. The second-order valence-corrected chi connectivity index (χ2v) is 5.75. The van der Waals surface area contributed by atoms with Crippen LogP contribution < -0.4 is 0 Å². The zero-order chi connectivity index (χ0) is 11.1. The fraction of sp³-hybridized carbons (Fsp3) is 0.500. The number of hydrogen-bond donors (Lipinski definition) is 1. The Bertz CT molecular complexity index is 383.